The molecule has 1 atom stereocenters. The van der Waals surface area contributed by atoms with Crippen LogP contribution in [-0.4, -0.2) is 29.2 Å². The van der Waals surface area contributed by atoms with Gasteiger partial charge in [0.25, 0.3) is 0 Å². The Morgan fingerprint density at radius 1 is 1.14 bits per heavy atom. The molecule has 0 aliphatic heterocycles. The fraction of sp³-hybridized carbons (Fsp3) is 0.278. The summed E-state index contributed by atoms with van der Waals surface area (Å²) in [7, 11) is 0. The Morgan fingerprint density at radius 2 is 1.77 bits per heavy atom. The summed E-state index contributed by atoms with van der Waals surface area (Å²) in [6.07, 6.45) is 0.424. The molecule has 0 aliphatic carbocycles. The summed E-state index contributed by atoms with van der Waals surface area (Å²) in [5, 5.41) is 9.56. The van der Waals surface area contributed by atoms with Gasteiger partial charge in [0.1, 0.15) is 11.5 Å². The van der Waals surface area contributed by atoms with Gasteiger partial charge >= 0.3 is 5.97 Å². The number of halogens is 1. The monoisotopic (exact) mass is 318 g/mol. The zero-order chi connectivity index (χ0) is 16.0. The van der Waals surface area contributed by atoms with Crippen molar-refractivity contribution >= 4 is 17.6 Å². The third kappa shape index (κ3) is 4.33. The van der Waals surface area contributed by atoms with Crippen molar-refractivity contribution in [2.24, 2.45) is 0 Å². The van der Waals surface area contributed by atoms with E-state index in [1.807, 2.05) is 49.4 Å². The van der Waals surface area contributed by atoms with E-state index in [0.29, 0.717) is 12.0 Å². The summed E-state index contributed by atoms with van der Waals surface area (Å²) in [6.45, 7) is 1.53. The molecule has 2 rings (SSSR count). The average Bonchev–Trinajstić information content (AvgIpc) is 2.54. The molecule has 0 saturated carbocycles. The number of esters is 1. The van der Waals surface area contributed by atoms with E-state index in [1.165, 1.54) is 0 Å². The van der Waals surface area contributed by atoms with Gasteiger partial charge in [-0.3, -0.25) is 0 Å². The van der Waals surface area contributed by atoms with Crippen LogP contribution in [0.2, 0.25) is 0 Å². The van der Waals surface area contributed by atoms with E-state index in [9.17, 15) is 9.90 Å². The Labute approximate surface area is 135 Å². The van der Waals surface area contributed by atoms with E-state index in [0.717, 1.165) is 11.1 Å². The van der Waals surface area contributed by atoms with Gasteiger partial charge in [-0.05, 0) is 30.5 Å². The predicted molar refractivity (Wildman–Crippen MR) is 87.3 cm³/mol. The van der Waals surface area contributed by atoms with Gasteiger partial charge in [-0.2, -0.15) is 0 Å². The number of aryl methyl sites for hydroxylation is 1. The second kappa shape index (κ2) is 7.43. The zero-order valence-electron chi connectivity index (χ0n) is 12.5. The molecule has 0 amide bonds. The SMILES string of the molecule is Cc1ccccc1C(=O)OC[C@](Cl)(CO)Cc1ccccc1. The van der Waals surface area contributed by atoms with Crippen LogP contribution in [0.1, 0.15) is 21.5 Å². The molecule has 0 fully saturated rings. The molecular weight excluding hydrogens is 300 g/mol. The largest absolute Gasteiger partial charge is 0.460 e. The topological polar surface area (TPSA) is 46.5 Å². The molecule has 116 valence electrons. The lowest BCUT2D eigenvalue weighted by Gasteiger charge is -2.24. The first kappa shape index (κ1) is 16.5. The van der Waals surface area contributed by atoms with Gasteiger partial charge in [-0.15, -0.1) is 11.6 Å². The molecule has 2 aromatic rings. The lowest BCUT2D eigenvalue weighted by Crippen LogP contribution is -2.36. The van der Waals surface area contributed by atoms with Crippen LogP contribution in [-0.2, 0) is 11.2 Å². The third-order valence-electron chi connectivity index (χ3n) is 3.47. The van der Waals surface area contributed by atoms with E-state index in [4.69, 9.17) is 16.3 Å². The summed E-state index contributed by atoms with van der Waals surface area (Å²) in [5.74, 6) is -0.426. The molecular formula is C18H19ClO3. The molecule has 0 spiro atoms. The molecule has 22 heavy (non-hydrogen) atoms. The van der Waals surface area contributed by atoms with Crippen molar-refractivity contribution in [1.29, 1.82) is 0 Å². The van der Waals surface area contributed by atoms with Crippen LogP contribution in [0.25, 0.3) is 0 Å². The van der Waals surface area contributed by atoms with Crippen molar-refractivity contribution in [2.75, 3.05) is 13.2 Å². The van der Waals surface area contributed by atoms with Gasteiger partial charge in [0, 0.05) is 0 Å². The standard InChI is InChI=1S/C18H19ClO3/c1-14-7-5-6-10-16(14)17(21)22-13-18(19,12-20)11-15-8-3-2-4-9-15/h2-10,20H,11-13H2,1H3/t18-/m1/s1. The van der Waals surface area contributed by atoms with Crippen molar-refractivity contribution in [3.8, 4) is 0 Å². The molecule has 2 aromatic carbocycles. The quantitative estimate of drug-likeness (QED) is 0.656. The number of rotatable bonds is 6. The fourth-order valence-electron chi connectivity index (χ4n) is 2.19. The number of hydrogen-bond acceptors (Lipinski definition) is 3. The minimum atomic E-state index is -1.01. The maximum atomic E-state index is 12.1. The molecule has 0 bridgehead atoms. The van der Waals surface area contributed by atoms with Crippen molar-refractivity contribution in [3.05, 3.63) is 71.3 Å². The molecule has 0 heterocycles. The molecule has 0 unspecified atom stereocenters. The van der Waals surface area contributed by atoms with Crippen LogP contribution in [0.5, 0.6) is 0 Å². The van der Waals surface area contributed by atoms with Crippen molar-refractivity contribution in [3.63, 3.8) is 0 Å². The highest BCUT2D eigenvalue weighted by molar-refractivity contribution is 6.24. The maximum absolute atomic E-state index is 12.1. The van der Waals surface area contributed by atoms with E-state index >= 15 is 0 Å². The van der Waals surface area contributed by atoms with E-state index in [2.05, 4.69) is 0 Å². The van der Waals surface area contributed by atoms with E-state index < -0.39 is 10.8 Å². The van der Waals surface area contributed by atoms with Crippen LogP contribution >= 0.6 is 11.6 Å². The summed E-state index contributed by atoms with van der Waals surface area (Å²) >= 11 is 6.40. The first-order chi connectivity index (χ1) is 10.5. The number of hydrogen-bond donors (Lipinski definition) is 1. The van der Waals surface area contributed by atoms with Gasteiger partial charge in [-0.1, -0.05) is 48.5 Å². The average molecular weight is 319 g/mol. The number of carbonyl (C=O) groups excluding carboxylic acids is 1. The molecule has 0 aliphatic rings. The van der Waals surface area contributed by atoms with Gasteiger partial charge in [0.2, 0.25) is 0 Å². The van der Waals surface area contributed by atoms with Gasteiger partial charge in [0.15, 0.2) is 0 Å². The first-order valence-electron chi connectivity index (χ1n) is 7.10. The predicted octanol–water partition coefficient (Wildman–Crippen LogP) is 3.36. The van der Waals surface area contributed by atoms with Gasteiger partial charge < -0.3 is 9.84 Å². The van der Waals surface area contributed by atoms with Gasteiger partial charge in [-0.25, -0.2) is 4.79 Å². The highest BCUT2D eigenvalue weighted by Crippen LogP contribution is 2.22. The zero-order valence-corrected chi connectivity index (χ0v) is 13.2. The highest BCUT2D eigenvalue weighted by atomic mass is 35.5. The second-order valence-corrected chi connectivity index (χ2v) is 6.16. The first-order valence-corrected chi connectivity index (χ1v) is 7.48. The second-order valence-electron chi connectivity index (χ2n) is 5.36. The normalized spacial score (nSPS) is 13.4. The minimum Gasteiger partial charge on any atom is -0.460 e. The summed E-state index contributed by atoms with van der Waals surface area (Å²) in [6, 6.07) is 16.8. The van der Waals surface area contributed by atoms with E-state index in [1.54, 1.807) is 12.1 Å². The van der Waals surface area contributed by atoms with Crippen molar-refractivity contribution in [2.45, 2.75) is 18.2 Å². The van der Waals surface area contributed by atoms with E-state index in [-0.39, 0.29) is 13.2 Å². The Hall–Kier alpha value is -1.84. The molecule has 4 heteroatoms. The number of ether oxygens (including phenoxy) is 1. The third-order valence-corrected chi connectivity index (χ3v) is 3.84. The minimum absolute atomic E-state index is 0.0485. The molecule has 3 nitrogen and oxygen atoms in total. The molecule has 1 N–H and O–H groups in total. The molecule has 0 saturated heterocycles. The highest BCUT2D eigenvalue weighted by Gasteiger charge is 2.29. The van der Waals surface area contributed by atoms with Crippen LogP contribution in [0, 0.1) is 6.92 Å². The Balaban J connectivity index is 2.01. The lowest BCUT2D eigenvalue weighted by atomic mass is 10.00. The Bertz CT molecular complexity index is 627. The Kier molecular flexibility index (Phi) is 5.58. The summed E-state index contributed by atoms with van der Waals surface area (Å²) < 4.78 is 5.31. The number of carbonyl (C=O) groups is 1. The Morgan fingerprint density at radius 3 is 2.41 bits per heavy atom. The van der Waals surface area contributed by atoms with Crippen LogP contribution in [0.15, 0.2) is 54.6 Å². The smallest absolute Gasteiger partial charge is 0.338 e. The maximum Gasteiger partial charge on any atom is 0.338 e. The van der Waals surface area contributed by atoms with Crippen LogP contribution in [0.3, 0.4) is 0 Å². The summed E-state index contributed by atoms with van der Waals surface area (Å²) in [5.41, 5.74) is 2.34. The fourth-order valence-corrected chi connectivity index (χ4v) is 2.40. The number of alkyl halides is 1. The molecule has 0 radical (unpaired) electrons. The lowest BCUT2D eigenvalue weighted by molar-refractivity contribution is 0.0418. The van der Waals surface area contributed by atoms with Crippen LogP contribution < -0.4 is 0 Å². The van der Waals surface area contributed by atoms with Crippen LogP contribution in [0.4, 0.5) is 0 Å². The number of benzene rings is 2. The van der Waals surface area contributed by atoms with Gasteiger partial charge in [0.05, 0.1) is 12.2 Å². The number of aliphatic hydroxyl groups excluding tert-OH is 1. The molecule has 0 aromatic heterocycles. The number of aliphatic hydroxyl groups is 1. The van der Waals surface area contributed by atoms with Crippen molar-refractivity contribution in [1.82, 2.24) is 0 Å². The summed E-state index contributed by atoms with van der Waals surface area (Å²) in [4.78, 5) is 11.1. The van der Waals surface area contributed by atoms with Crippen molar-refractivity contribution < 1.29 is 14.6 Å².